The molecule has 6 nitrogen and oxygen atoms in total. The Bertz CT molecular complexity index is 1130. The summed E-state index contributed by atoms with van der Waals surface area (Å²) in [7, 11) is 3.21. The lowest BCUT2D eigenvalue weighted by Crippen LogP contribution is -2.29. The normalized spacial score (nSPS) is 11.1. The molecule has 0 aliphatic carbocycles. The van der Waals surface area contributed by atoms with Crippen molar-refractivity contribution in [1.82, 2.24) is 9.97 Å². The molecular formula is C22H19N3O3S2. The molecule has 4 aromatic rings. The van der Waals surface area contributed by atoms with Crippen LogP contribution in [0.2, 0.25) is 0 Å². The molecule has 1 amide bonds. The Balaban J connectivity index is 1.75. The molecule has 0 unspecified atom stereocenters. The summed E-state index contributed by atoms with van der Waals surface area (Å²) in [6.45, 7) is 0.304. The Morgan fingerprint density at radius 2 is 1.93 bits per heavy atom. The van der Waals surface area contributed by atoms with Crippen LogP contribution in [0.1, 0.15) is 10.6 Å². The summed E-state index contributed by atoms with van der Waals surface area (Å²) >= 11 is 2.96. The minimum absolute atomic E-state index is 0.175. The Hall–Kier alpha value is -3.23. The summed E-state index contributed by atoms with van der Waals surface area (Å²) in [4.78, 5) is 24.9. The van der Waals surface area contributed by atoms with Crippen molar-refractivity contribution < 1.29 is 14.3 Å². The number of pyridine rings is 1. The number of nitrogens with zero attached hydrogens (tertiary/aromatic N) is 3. The molecule has 0 saturated carbocycles. The number of hydrogen-bond donors (Lipinski definition) is 0. The number of fused-ring (bicyclic) bond motifs is 1. The van der Waals surface area contributed by atoms with Gasteiger partial charge in [-0.25, -0.2) is 4.98 Å². The number of anilines is 1. The molecule has 0 fully saturated rings. The standard InChI is InChI=1S/C22H19N3O3S2/c1-27-17-9-10-18(28-2)21-20(17)24-22(30-21)25(14-15-6-3-4-12-23-15)19(26)11-8-16-7-5-13-29-16/h3-13H,14H2,1-2H3/b11-8+. The maximum Gasteiger partial charge on any atom is 0.253 e. The van der Waals surface area contributed by atoms with Crippen molar-refractivity contribution in [2.45, 2.75) is 6.54 Å². The summed E-state index contributed by atoms with van der Waals surface area (Å²) in [5.41, 5.74) is 1.44. The fraction of sp³-hybridized carbons (Fsp3) is 0.136. The van der Waals surface area contributed by atoms with Crippen molar-refractivity contribution in [1.29, 1.82) is 0 Å². The van der Waals surface area contributed by atoms with Gasteiger partial charge >= 0.3 is 0 Å². The third kappa shape index (κ3) is 4.19. The first kappa shape index (κ1) is 20.1. The molecule has 4 rings (SSSR count). The summed E-state index contributed by atoms with van der Waals surface area (Å²) < 4.78 is 11.8. The van der Waals surface area contributed by atoms with E-state index in [1.807, 2.05) is 53.9 Å². The number of benzene rings is 1. The zero-order valence-electron chi connectivity index (χ0n) is 16.4. The number of thiazole rings is 1. The highest BCUT2D eigenvalue weighted by Crippen LogP contribution is 2.40. The van der Waals surface area contributed by atoms with Gasteiger partial charge in [0, 0.05) is 17.2 Å². The molecule has 3 heterocycles. The van der Waals surface area contributed by atoms with Gasteiger partial charge in [-0.15, -0.1) is 11.3 Å². The molecule has 0 N–H and O–H groups in total. The fourth-order valence-corrected chi connectivity index (χ4v) is 4.61. The van der Waals surface area contributed by atoms with E-state index in [-0.39, 0.29) is 5.91 Å². The van der Waals surface area contributed by atoms with Crippen LogP contribution in [0.15, 0.2) is 60.1 Å². The SMILES string of the molecule is COc1ccc(OC)c2sc(N(Cc3ccccn3)C(=O)/C=C/c3cccs3)nc12. The number of ether oxygens (including phenoxy) is 2. The van der Waals surface area contributed by atoms with Crippen LogP contribution in [0.25, 0.3) is 16.3 Å². The van der Waals surface area contributed by atoms with Crippen LogP contribution in [-0.4, -0.2) is 30.1 Å². The highest BCUT2D eigenvalue weighted by atomic mass is 32.1. The van der Waals surface area contributed by atoms with Crippen LogP contribution >= 0.6 is 22.7 Å². The third-order valence-corrected chi connectivity index (χ3v) is 6.31. The molecular weight excluding hydrogens is 418 g/mol. The zero-order chi connectivity index (χ0) is 20.9. The molecule has 0 bridgehead atoms. The molecule has 1 aromatic carbocycles. The highest BCUT2D eigenvalue weighted by molar-refractivity contribution is 7.22. The largest absolute Gasteiger partial charge is 0.495 e. The van der Waals surface area contributed by atoms with E-state index < -0.39 is 0 Å². The molecule has 0 spiro atoms. The van der Waals surface area contributed by atoms with Crippen molar-refractivity contribution in [2.75, 3.05) is 19.1 Å². The predicted octanol–water partition coefficient (Wildman–Crippen LogP) is 5.02. The molecule has 0 aliphatic heterocycles. The first-order valence-electron chi connectivity index (χ1n) is 9.14. The van der Waals surface area contributed by atoms with Gasteiger partial charge in [0.15, 0.2) is 5.13 Å². The minimum Gasteiger partial charge on any atom is -0.495 e. The zero-order valence-corrected chi connectivity index (χ0v) is 18.1. The van der Waals surface area contributed by atoms with Crippen LogP contribution in [0.4, 0.5) is 5.13 Å². The Kier molecular flexibility index (Phi) is 6.06. The smallest absolute Gasteiger partial charge is 0.253 e. The fourth-order valence-electron chi connectivity index (χ4n) is 2.91. The molecule has 0 atom stereocenters. The Labute approximate surface area is 182 Å². The van der Waals surface area contributed by atoms with E-state index >= 15 is 0 Å². The first-order valence-corrected chi connectivity index (χ1v) is 10.8. The van der Waals surface area contributed by atoms with Crippen LogP contribution in [0.3, 0.4) is 0 Å². The maximum atomic E-state index is 13.1. The van der Waals surface area contributed by atoms with Gasteiger partial charge in [0.2, 0.25) is 0 Å². The van der Waals surface area contributed by atoms with Crippen LogP contribution in [0, 0.1) is 0 Å². The second-order valence-corrected chi connectivity index (χ2v) is 8.20. The molecule has 0 aliphatic rings. The number of thiophene rings is 1. The average Bonchev–Trinajstić information content (AvgIpc) is 3.46. The topological polar surface area (TPSA) is 64.6 Å². The van der Waals surface area contributed by atoms with Crippen LogP contribution < -0.4 is 14.4 Å². The van der Waals surface area contributed by atoms with E-state index in [0.717, 1.165) is 15.3 Å². The average molecular weight is 438 g/mol. The molecule has 30 heavy (non-hydrogen) atoms. The Morgan fingerprint density at radius 3 is 2.63 bits per heavy atom. The number of rotatable bonds is 7. The third-order valence-electron chi connectivity index (χ3n) is 4.38. The molecule has 3 aromatic heterocycles. The summed E-state index contributed by atoms with van der Waals surface area (Å²) in [5.74, 6) is 1.15. The highest BCUT2D eigenvalue weighted by Gasteiger charge is 2.22. The lowest BCUT2D eigenvalue weighted by atomic mass is 10.3. The van der Waals surface area contributed by atoms with Crippen molar-refractivity contribution in [2.24, 2.45) is 0 Å². The summed E-state index contributed by atoms with van der Waals surface area (Å²) in [5, 5.41) is 2.53. The van der Waals surface area contributed by atoms with E-state index in [4.69, 9.17) is 14.5 Å². The van der Waals surface area contributed by atoms with E-state index in [9.17, 15) is 4.79 Å². The van der Waals surface area contributed by atoms with Gasteiger partial charge in [-0.05, 0) is 41.8 Å². The summed E-state index contributed by atoms with van der Waals surface area (Å²) in [6, 6.07) is 13.2. The van der Waals surface area contributed by atoms with Gasteiger partial charge in [0.1, 0.15) is 21.7 Å². The van der Waals surface area contributed by atoms with Gasteiger partial charge < -0.3 is 9.47 Å². The van der Waals surface area contributed by atoms with Gasteiger partial charge in [-0.1, -0.05) is 23.5 Å². The number of aromatic nitrogens is 2. The van der Waals surface area contributed by atoms with Crippen LogP contribution in [0.5, 0.6) is 11.5 Å². The number of carbonyl (C=O) groups excluding carboxylic acids is 1. The second-order valence-electron chi connectivity index (χ2n) is 6.24. The molecule has 0 radical (unpaired) electrons. The van der Waals surface area contributed by atoms with Crippen molar-refractivity contribution >= 4 is 50.0 Å². The minimum atomic E-state index is -0.175. The van der Waals surface area contributed by atoms with Crippen LogP contribution in [-0.2, 0) is 11.3 Å². The van der Waals surface area contributed by atoms with E-state index in [1.165, 1.54) is 11.3 Å². The van der Waals surface area contributed by atoms with Gasteiger partial charge in [-0.2, -0.15) is 0 Å². The monoisotopic (exact) mass is 437 g/mol. The quantitative estimate of drug-likeness (QED) is 0.380. The summed E-state index contributed by atoms with van der Waals surface area (Å²) in [6.07, 6.45) is 5.09. The van der Waals surface area contributed by atoms with Crippen molar-refractivity contribution in [3.05, 3.63) is 70.7 Å². The van der Waals surface area contributed by atoms with Crippen molar-refractivity contribution in [3.8, 4) is 11.5 Å². The molecule has 152 valence electrons. The number of hydrogen-bond acceptors (Lipinski definition) is 7. The number of amides is 1. The first-order chi connectivity index (χ1) is 14.7. The van der Waals surface area contributed by atoms with E-state index in [1.54, 1.807) is 42.7 Å². The molecule has 0 saturated heterocycles. The van der Waals surface area contributed by atoms with Crippen molar-refractivity contribution in [3.63, 3.8) is 0 Å². The maximum absolute atomic E-state index is 13.1. The Morgan fingerprint density at radius 1 is 1.10 bits per heavy atom. The van der Waals surface area contributed by atoms with E-state index in [0.29, 0.717) is 28.7 Å². The number of carbonyl (C=O) groups is 1. The lowest BCUT2D eigenvalue weighted by Gasteiger charge is -2.17. The molecule has 8 heteroatoms. The van der Waals surface area contributed by atoms with Gasteiger partial charge in [-0.3, -0.25) is 14.7 Å². The van der Waals surface area contributed by atoms with Gasteiger partial charge in [0.25, 0.3) is 5.91 Å². The number of methoxy groups -OCH3 is 2. The van der Waals surface area contributed by atoms with E-state index in [2.05, 4.69) is 4.98 Å². The lowest BCUT2D eigenvalue weighted by molar-refractivity contribution is -0.114. The predicted molar refractivity (Wildman–Crippen MR) is 122 cm³/mol. The van der Waals surface area contributed by atoms with Gasteiger partial charge in [0.05, 0.1) is 26.5 Å². The second kappa shape index (κ2) is 9.06.